The third kappa shape index (κ3) is 4.09. The molecular weight excluding hydrogens is 330 g/mol. The SMILES string of the molecule is C[C@H]1/C(=N/Nc2ccccc2)C[C@H](c2ccccc2)N[C@@H]1c1ccccc1. The number of hydrazone groups is 1. The average Bonchev–Trinajstić information content (AvgIpc) is 2.75. The normalized spacial score (nSPS) is 23.9. The summed E-state index contributed by atoms with van der Waals surface area (Å²) in [5, 5.41) is 8.67. The van der Waals surface area contributed by atoms with Gasteiger partial charge in [-0.3, -0.25) is 5.43 Å². The van der Waals surface area contributed by atoms with Crippen LogP contribution in [0.4, 0.5) is 5.69 Å². The Hall–Kier alpha value is -2.91. The lowest BCUT2D eigenvalue weighted by Gasteiger charge is -2.37. The summed E-state index contributed by atoms with van der Waals surface area (Å²) in [4.78, 5) is 0. The third-order valence-electron chi connectivity index (χ3n) is 5.28. The summed E-state index contributed by atoms with van der Waals surface area (Å²) in [5.74, 6) is 0.309. The van der Waals surface area contributed by atoms with E-state index < -0.39 is 0 Å². The van der Waals surface area contributed by atoms with Crippen molar-refractivity contribution in [2.45, 2.75) is 25.4 Å². The highest BCUT2D eigenvalue weighted by Gasteiger charge is 2.33. The van der Waals surface area contributed by atoms with Crippen LogP contribution in [0.2, 0.25) is 0 Å². The molecule has 1 aliphatic heterocycles. The zero-order valence-electron chi connectivity index (χ0n) is 15.5. The maximum atomic E-state index is 4.81. The van der Waals surface area contributed by atoms with Gasteiger partial charge in [0.1, 0.15) is 0 Å². The topological polar surface area (TPSA) is 36.4 Å². The van der Waals surface area contributed by atoms with Gasteiger partial charge in [0.25, 0.3) is 0 Å². The van der Waals surface area contributed by atoms with Crippen LogP contribution in [0.1, 0.15) is 36.6 Å². The van der Waals surface area contributed by atoms with E-state index in [4.69, 9.17) is 5.10 Å². The Morgan fingerprint density at radius 2 is 1.33 bits per heavy atom. The number of nitrogens with zero attached hydrogens (tertiary/aromatic N) is 1. The Balaban J connectivity index is 1.64. The first-order valence-corrected chi connectivity index (χ1v) is 9.55. The van der Waals surface area contributed by atoms with Crippen LogP contribution in [0.5, 0.6) is 0 Å². The number of nitrogens with one attached hydrogen (secondary N) is 2. The molecule has 2 N–H and O–H groups in total. The molecule has 3 aromatic carbocycles. The first kappa shape index (κ1) is 17.5. The van der Waals surface area contributed by atoms with Crippen molar-refractivity contribution in [2.75, 3.05) is 5.43 Å². The summed E-state index contributed by atoms with van der Waals surface area (Å²) in [6.07, 6.45) is 0.897. The number of para-hydroxylation sites is 1. The standard InChI is InChI=1S/C24H25N3/c1-18-22(27-26-21-15-9-4-10-16-21)17-23(19-11-5-2-6-12-19)25-24(18)20-13-7-3-8-14-20/h2-16,18,23-26H,17H2,1H3/b27-22+/t18-,23+,24-/m0/s1. The van der Waals surface area contributed by atoms with E-state index in [0.29, 0.717) is 5.92 Å². The fourth-order valence-electron chi connectivity index (χ4n) is 3.75. The summed E-state index contributed by atoms with van der Waals surface area (Å²) in [5.41, 5.74) is 8.07. The molecule has 0 aliphatic carbocycles. The number of benzene rings is 3. The van der Waals surface area contributed by atoms with Crippen molar-refractivity contribution in [2.24, 2.45) is 11.0 Å². The maximum Gasteiger partial charge on any atom is 0.0561 e. The predicted molar refractivity (Wildman–Crippen MR) is 113 cm³/mol. The molecule has 136 valence electrons. The molecule has 3 aromatic rings. The molecule has 4 rings (SSSR count). The van der Waals surface area contributed by atoms with Crippen molar-refractivity contribution >= 4 is 11.4 Å². The molecule has 1 fully saturated rings. The minimum Gasteiger partial charge on any atom is -0.302 e. The fourth-order valence-corrected chi connectivity index (χ4v) is 3.75. The van der Waals surface area contributed by atoms with Gasteiger partial charge in [-0.2, -0.15) is 5.10 Å². The molecule has 3 atom stereocenters. The minimum absolute atomic E-state index is 0.237. The molecule has 0 bridgehead atoms. The zero-order valence-corrected chi connectivity index (χ0v) is 15.5. The Kier molecular flexibility index (Phi) is 5.31. The van der Waals surface area contributed by atoms with E-state index in [2.05, 4.69) is 78.3 Å². The highest BCUT2D eigenvalue weighted by Crippen LogP contribution is 2.35. The van der Waals surface area contributed by atoms with Gasteiger partial charge < -0.3 is 5.32 Å². The van der Waals surface area contributed by atoms with Crippen LogP contribution in [-0.4, -0.2) is 5.71 Å². The predicted octanol–water partition coefficient (Wildman–Crippen LogP) is 5.57. The molecule has 0 radical (unpaired) electrons. The molecule has 0 unspecified atom stereocenters. The highest BCUT2D eigenvalue weighted by atomic mass is 15.3. The summed E-state index contributed by atoms with van der Waals surface area (Å²) in [6.45, 7) is 2.26. The molecule has 1 saturated heterocycles. The molecule has 1 heterocycles. The number of piperidine rings is 1. The first-order valence-electron chi connectivity index (χ1n) is 9.55. The lowest BCUT2D eigenvalue weighted by atomic mass is 9.81. The van der Waals surface area contributed by atoms with Crippen LogP contribution in [-0.2, 0) is 0 Å². The van der Waals surface area contributed by atoms with Gasteiger partial charge in [-0.1, -0.05) is 85.8 Å². The van der Waals surface area contributed by atoms with Crippen molar-refractivity contribution in [3.05, 3.63) is 102 Å². The minimum atomic E-state index is 0.237. The van der Waals surface area contributed by atoms with Crippen molar-refractivity contribution in [1.29, 1.82) is 0 Å². The van der Waals surface area contributed by atoms with E-state index in [1.54, 1.807) is 0 Å². The smallest absolute Gasteiger partial charge is 0.0561 e. The van der Waals surface area contributed by atoms with E-state index in [1.165, 1.54) is 16.8 Å². The van der Waals surface area contributed by atoms with Gasteiger partial charge in [-0.25, -0.2) is 0 Å². The third-order valence-corrected chi connectivity index (χ3v) is 5.28. The summed E-state index contributed by atoms with van der Waals surface area (Å²) in [7, 11) is 0. The van der Waals surface area contributed by atoms with Crippen LogP contribution < -0.4 is 10.7 Å². The average molecular weight is 355 g/mol. The van der Waals surface area contributed by atoms with Gasteiger partial charge in [-0.05, 0) is 23.3 Å². The van der Waals surface area contributed by atoms with Crippen molar-refractivity contribution in [1.82, 2.24) is 5.32 Å². The second-order valence-electron chi connectivity index (χ2n) is 7.09. The fraction of sp³-hybridized carbons (Fsp3) is 0.208. The second-order valence-corrected chi connectivity index (χ2v) is 7.09. The molecule has 1 aliphatic rings. The Morgan fingerprint density at radius 3 is 1.96 bits per heavy atom. The van der Waals surface area contributed by atoms with E-state index in [9.17, 15) is 0 Å². The lowest BCUT2D eigenvalue weighted by molar-refractivity contribution is 0.364. The van der Waals surface area contributed by atoms with Crippen LogP contribution in [0.25, 0.3) is 0 Å². The van der Waals surface area contributed by atoms with Gasteiger partial charge in [-0.15, -0.1) is 0 Å². The molecule has 3 heteroatoms. The van der Waals surface area contributed by atoms with Gasteiger partial charge in [0.2, 0.25) is 0 Å². The Labute approximate surface area is 161 Å². The molecule has 27 heavy (non-hydrogen) atoms. The van der Waals surface area contributed by atoms with Gasteiger partial charge in [0.15, 0.2) is 0 Å². The van der Waals surface area contributed by atoms with Crippen LogP contribution in [0.3, 0.4) is 0 Å². The monoisotopic (exact) mass is 355 g/mol. The molecular formula is C24H25N3. The van der Waals surface area contributed by atoms with Crippen molar-refractivity contribution in [3.8, 4) is 0 Å². The number of hydrogen-bond donors (Lipinski definition) is 2. The lowest BCUT2D eigenvalue weighted by Crippen LogP contribution is -2.41. The molecule has 0 amide bonds. The summed E-state index contributed by atoms with van der Waals surface area (Å²) in [6, 6.07) is 32.0. The second kappa shape index (κ2) is 8.19. The van der Waals surface area contributed by atoms with Crippen LogP contribution >= 0.6 is 0 Å². The molecule has 0 spiro atoms. The maximum absolute atomic E-state index is 4.81. The summed E-state index contributed by atoms with van der Waals surface area (Å²) < 4.78 is 0. The van der Waals surface area contributed by atoms with Gasteiger partial charge >= 0.3 is 0 Å². The molecule has 0 saturated carbocycles. The zero-order chi connectivity index (χ0) is 18.5. The van der Waals surface area contributed by atoms with Crippen molar-refractivity contribution < 1.29 is 0 Å². The van der Waals surface area contributed by atoms with Gasteiger partial charge in [0.05, 0.1) is 5.69 Å². The quantitative estimate of drug-likeness (QED) is 0.601. The first-order chi connectivity index (χ1) is 13.3. The van der Waals surface area contributed by atoms with E-state index in [0.717, 1.165) is 12.1 Å². The van der Waals surface area contributed by atoms with Crippen molar-refractivity contribution in [3.63, 3.8) is 0 Å². The van der Waals surface area contributed by atoms with Gasteiger partial charge in [0, 0.05) is 30.1 Å². The van der Waals surface area contributed by atoms with E-state index in [-0.39, 0.29) is 12.1 Å². The number of anilines is 1. The largest absolute Gasteiger partial charge is 0.302 e. The van der Waals surface area contributed by atoms with E-state index in [1.807, 2.05) is 30.3 Å². The highest BCUT2D eigenvalue weighted by molar-refractivity contribution is 5.89. The number of rotatable bonds is 4. The molecule has 0 aromatic heterocycles. The van der Waals surface area contributed by atoms with E-state index >= 15 is 0 Å². The Morgan fingerprint density at radius 1 is 0.778 bits per heavy atom. The summed E-state index contributed by atoms with van der Waals surface area (Å²) >= 11 is 0. The van der Waals surface area contributed by atoms with Crippen LogP contribution in [0.15, 0.2) is 96.1 Å². The molecule has 3 nitrogen and oxygen atoms in total. The Bertz CT molecular complexity index is 875. The van der Waals surface area contributed by atoms with Crippen LogP contribution in [0, 0.1) is 5.92 Å². The number of hydrogen-bond acceptors (Lipinski definition) is 3.